The summed E-state index contributed by atoms with van der Waals surface area (Å²) in [5, 5.41) is 20.1. The fraction of sp³-hybridized carbons (Fsp3) is 0.468. The van der Waals surface area contributed by atoms with E-state index >= 15 is 0 Å². The van der Waals surface area contributed by atoms with Gasteiger partial charge in [0.2, 0.25) is 5.88 Å². The third-order valence-corrected chi connectivity index (χ3v) is 12.3. The summed E-state index contributed by atoms with van der Waals surface area (Å²) in [5.74, 6) is -0.874. The molecule has 2 aliphatic heterocycles. The van der Waals surface area contributed by atoms with Crippen molar-refractivity contribution < 1.29 is 28.6 Å². The highest BCUT2D eigenvalue weighted by Crippen LogP contribution is 2.33. The van der Waals surface area contributed by atoms with Crippen LogP contribution in [0.2, 0.25) is 0 Å². The number of halogens is 1. The molecule has 2 amide bonds. The van der Waals surface area contributed by atoms with Crippen molar-refractivity contribution in [3.63, 3.8) is 0 Å². The molecule has 3 N–H and O–H groups in total. The van der Waals surface area contributed by atoms with Gasteiger partial charge in [0.1, 0.15) is 17.1 Å². The van der Waals surface area contributed by atoms with Crippen LogP contribution in [-0.4, -0.2) is 128 Å². The van der Waals surface area contributed by atoms with Gasteiger partial charge in [-0.05, 0) is 112 Å². The number of carbonyl (C=O) groups excluding carboxylic acids is 2. The largest absolute Gasteiger partial charge is 0.438 e. The van der Waals surface area contributed by atoms with Crippen LogP contribution in [-0.2, 0) is 17.8 Å². The number of nitrogens with one attached hydrogen (secondary N) is 2. The molecule has 3 aliphatic rings. The van der Waals surface area contributed by atoms with Crippen LogP contribution in [0.15, 0.2) is 66.9 Å². The van der Waals surface area contributed by atoms with Crippen molar-refractivity contribution in [1.82, 2.24) is 44.9 Å². The second-order valence-corrected chi connectivity index (χ2v) is 17.1. The van der Waals surface area contributed by atoms with Crippen LogP contribution in [0, 0.1) is 19.7 Å². The number of pyridine rings is 1. The number of rotatable bonds is 13. The van der Waals surface area contributed by atoms with Crippen LogP contribution in [0.1, 0.15) is 82.4 Å². The molecule has 1 atom stereocenters. The Kier molecular flexibility index (Phi) is 13.8. The number of fused-ring (bicyclic) bond motifs is 1. The summed E-state index contributed by atoms with van der Waals surface area (Å²) in [6, 6.07) is 19.3. The number of aromatic nitrogens is 4. The zero-order chi connectivity index (χ0) is 43.2. The molecule has 62 heavy (non-hydrogen) atoms. The Morgan fingerprint density at radius 2 is 1.68 bits per heavy atom. The molecule has 1 unspecified atom stereocenters. The van der Waals surface area contributed by atoms with Gasteiger partial charge in [0.15, 0.2) is 11.3 Å². The number of aliphatic hydroxyl groups excluding tert-OH is 1. The summed E-state index contributed by atoms with van der Waals surface area (Å²) in [6.45, 7) is 14.7. The molecule has 1 aliphatic carbocycles. The molecule has 5 aromatic rings. The predicted molar refractivity (Wildman–Crippen MR) is 234 cm³/mol. The number of nitrogens with zero attached hydrogens (tertiary/aromatic N) is 7. The predicted octanol–water partition coefficient (Wildman–Crippen LogP) is 5.53. The minimum atomic E-state index is -0.639. The third kappa shape index (κ3) is 10.6. The van der Waals surface area contributed by atoms with Crippen molar-refractivity contribution in [2.24, 2.45) is 0 Å². The van der Waals surface area contributed by atoms with Crippen LogP contribution in [0.25, 0.3) is 16.8 Å². The molecule has 2 saturated heterocycles. The van der Waals surface area contributed by atoms with Crippen molar-refractivity contribution in [2.75, 3.05) is 59.1 Å². The maximum absolute atomic E-state index is 14.7. The average Bonchev–Trinajstić information content (AvgIpc) is 3.58. The number of hydrogen-bond donors (Lipinski definition) is 3. The van der Waals surface area contributed by atoms with Crippen molar-refractivity contribution in [1.29, 1.82) is 0 Å². The molecule has 3 fully saturated rings. The molecule has 14 nitrogen and oxygen atoms in total. The minimum Gasteiger partial charge on any atom is -0.438 e. The lowest BCUT2D eigenvalue weighted by Crippen LogP contribution is -2.44. The lowest BCUT2D eigenvalue weighted by atomic mass is 9.91. The van der Waals surface area contributed by atoms with Gasteiger partial charge in [0.25, 0.3) is 11.8 Å². The molecule has 1 saturated carbocycles. The summed E-state index contributed by atoms with van der Waals surface area (Å²) in [4.78, 5) is 42.8. The smallest absolute Gasteiger partial charge is 0.272 e. The molecule has 0 spiro atoms. The fourth-order valence-corrected chi connectivity index (χ4v) is 8.99. The van der Waals surface area contributed by atoms with E-state index in [1.807, 2.05) is 38.1 Å². The van der Waals surface area contributed by atoms with E-state index in [0.29, 0.717) is 62.5 Å². The number of ether oxygens (including phenoxy) is 2. The monoisotopic (exact) mass is 847 g/mol. The maximum atomic E-state index is 14.7. The highest BCUT2D eigenvalue weighted by atomic mass is 19.1. The first-order valence-electron chi connectivity index (χ1n) is 22.0. The Morgan fingerprint density at radius 3 is 2.47 bits per heavy atom. The number of hydrogen-bond acceptors (Lipinski definition) is 11. The Bertz CT molecular complexity index is 2370. The summed E-state index contributed by atoms with van der Waals surface area (Å²) in [7, 11) is 0. The molecule has 15 heteroatoms. The van der Waals surface area contributed by atoms with Gasteiger partial charge >= 0.3 is 0 Å². The minimum absolute atomic E-state index is 0.0103. The van der Waals surface area contributed by atoms with E-state index in [1.54, 1.807) is 10.6 Å². The summed E-state index contributed by atoms with van der Waals surface area (Å²) in [6.07, 6.45) is 4.71. The standard InChI is InChI=1S/C47H58FN9O5/c1-31-22-32(2)57-44(50-31)26-43(53-57)46(60)52-39-11-9-38(10-12-39)51-45(59)42-25-37(48)27-49-47(42)62-40-7-4-6-35(24-40)41-13-8-34(23-36(41)29-56-19-21-61-30-33(56)3)28-55-15-5-14-54(16-17-55)18-20-58/h4,6-8,13,22-27,33,38-39,58H,5,9-12,14-21,28-30H2,1-3H3,(H,51,59)(H,52,60). The second-order valence-electron chi connectivity index (χ2n) is 17.1. The summed E-state index contributed by atoms with van der Waals surface area (Å²) >= 11 is 0. The van der Waals surface area contributed by atoms with Crippen LogP contribution in [0.5, 0.6) is 11.6 Å². The number of β-amino-alcohol motifs (C(OH)–C–C–N with tert-alkyl or cyclic N) is 1. The number of benzene rings is 2. The molecule has 0 bridgehead atoms. The van der Waals surface area contributed by atoms with Gasteiger partial charge in [0.05, 0.1) is 26.0 Å². The van der Waals surface area contributed by atoms with E-state index in [1.165, 1.54) is 11.1 Å². The second kappa shape index (κ2) is 19.8. The molecular weight excluding hydrogens is 790 g/mol. The zero-order valence-electron chi connectivity index (χ0n) is 36.0. The van der Waals surface area contributed by atoms with E-state index in [-0.39, 0.29) is 42.1 Å². The molecule has 2 aromatic carbocycles. The Labute approximate surface area is 362 Å². The zero-order valence-corrected chi connectivity index (χ0v) is 36.0. The lowest BCUT2D eigenvalue weighted by Gasteiger charge is -2.34. The van der Waals surface area contributed by atoms with Crippen LogP contribution < -0.4 is 15.4 Å². The van der Waals surface area contributed by atoms with Gasteiger partial charge in [-0.1, -0.05) is 30.3 Å². The quantitative estimate of drug-likeness (QED) is 0.137. The number of morpholine rings is 1. The molecular formula is C47H58FN9O5. The number of amides is 2. The third-order valence-electron chi connectivity index (χ3n) is 12.3. The van der Waals surface area contributed by atoms with Gasteiger partial charge < -0.3 is 25.2 Å². The van der Waals surface area contributed by atoms with Gasteiger partial charge in [-0.25, -0.2) is 18.9 Å². The number of aryl methyl sites for hydroxylation is 2. The van der Waals surface area contributed by atoms with Crippen molar-refractivity contribution >= 4 is 17.5 Å². The first-order chi connectivity index (χ1) is 30.1. The van der Waals surface area contributed by atoms with E-state index in [9.17, 15) is 19.1 Å². The van der Waals surface area contributed by atoms with E-state index < -0.39 is 11.7 Å². The van der Waals surface area contributed by atoms with Gasteiger partial charge in [-0.15, -0.1) is 0 Å². The molecule has 328 valence electrons. The first-order valence-corrected chi connectivity index (χ1v) is 22.0. The summed E-state index contributed by atoms with van der Waals surface area (Å²) < 4.78 is 28.4. The lowest BCUT2D eigenvalue weighted by molar-refractivity contribution is -0.00431. The van der Waals surface area contributed by atoms with Gasteiger partial charge in [-0.3, -0.25) is 24.3 Å². The Hall–Kier alpha value is -5.32. The topological polar surface area (TPSA) is 150 Å². The SMILES string of the molecule is Cc1cc(C)n2nc(C(=O)NC3CCC(NC(=O)c4cc(F)cnc4Oc4cccc(-c5ccc(CN6CCCN(CCO)CC6)cc5CN5CCOCC5C)c4)CC3)cc2n1. The van der Waals surface area contributed by atoms with Crippen molar-refractivity contribution in [3.8, 4) is 22.8 Å². The van der Waals surface area contributed by atoms with E-state index in [2.05, 4.69) is 71.6 Å². The maximum Gasteiger partial charge on any atom is 0.272 e. The molecule has 0 radical (unpaired) electrons. The highest BCUT2D eigenvalue weighted by molar-refractivity contribution is 5.96. The average molecular weight is 848 g/mol. The van der Waals surface area contributed by atoms with E-state index in [0.717, 1.165) is 87.0 Å². The van der Waals surface area contributed by atoms with Crippen LogP contribution in [0.4, 0.5) is 4.39 Å². The molecule has 3 aromatic heterocycles. The van der Waals surface area contributed by atoms with Crippen LogP contribution in [0.3, 0.4) is 0 Å². The normalized spacial score (nSPS) is 20.5. The van der Waals surface area contributed by atoms with E-state index in [4.69, 9.17) is 9.47 Å². The van der Waals surface area contributed by atoms with Crippen LogP contribution >= 0.6 is 0 Å². The molecule has 5 heterocycles. The molecule has 8 rings (SSSR count). The highest BCUT2D eigenvalue weighted by Gasteiger charge is 2.27. The summed E-state index contributed by atoms with van der Waals surface area (Å²) in [5.41, 5.74) is 7.21. The first kappa shape index (κ1) is 43.3. The Morgan fingerprint density at radius 1 is 0.903 bits per heavy atom. The van der Waals surface area contributed by atoms with Crippen molar-refractivity contribution in [2.45, 2.75) is 84.1 Å². The van der Waals surface area contributed by atoms with Gasteiger partial charge in [-0.2, -0.15) is 5.10 Å². The van der Waals surface area contributed by atoms with Crippen molar-refractivity contribution in [3.05, 3.63) is 106 Å². The number of aliphatic hydroxyl groups is 1. The number of carbonyl (C=O) groups is 2. The fourth-order valence-electron chi connectivity index (χ4n) is 8.99. The van der Waals surface area contributed by atoms with Gasteiger partial charge in [0, 0.05) is 74.8 Å². The Balaban J connectivity index is 0.932.